The molecule has 0 N–H and O–H groups in total. The van der Waals surface area contributed by atoms with E-state index in [9.17, 15) is 0 Å². The maximum atomic E-state index is 5.59. The van der Waals surface area contributed by atoms with Gasteiger partial charge in [0.05, 0.1) is 5.02 Å². The van der Waals surface area contributed by atoms with Gasteiger partial charge >= 0.3 is 0 Å². The number of aromatic nitrogens is 1. The van der Waals surface area contributed by atoms with Crippen LogP contribution in [-0.4, -0.2) is 4.98 Å². The maximum Gasteiger partial charge on any atom is 0.126 e. The first-order valence-corrected chi connectivity index (χ1v) is 4.06. The summed E-state index contributed by atoms with van der Waals surface area (Å²) in [5.74, 6) is 0. The van der Waals surface area contributed by atoms with Gasteiger partial charge in [-0.05, 0) is 37.9 Å². The lowest BCUT2D eigenvalue weighted by Crippen LogP contribution is -1.76. The Morgan fingerprint density at radius 2 is 2.22 bits per heavy atom. The minimum Gasteiger partial charge on any atom is -0.232 e. The molecule has 0 spiro atoms. The molecule has 0 unspecified atom stereocenters. The van der Waals surface area contributed by atoms with Gasteiger partial charge in [-0.15, -0.1) is 0 Å². The van der Waals surface area contributed by atoms with Crippen LogP contribution in [0, 0.1) is 6.07 Å². The second-order valence-corrected chi connectivity index (χ2v) is 3.27. The molecule has 1 radical (unpaired) electrons. The third-order valence-corrected chi connectivity index (χ3v) is 2.20. The highest BCUT2D eigenvalue weighted by Gasteiger charge is 1.96. The summed E-state index contributed by atoms with van der Waals surface area (Å²) >= 11 is 11.9. The predicted octanol–water partition coefficient (Wildman–Crippen LogP) is 3.06. The van der Waals surface area contributed by atoms with Gasteiger partial charge in [0.25, 0.3) is 0 Å². The van der Waals surface area contributed by atoms with Gasteiger partial charge in [0.2, 0.25) is 0 Å². The molecule has 4 heteroatoms. The highest BCUT2D eigenvalue weighted by atomic mass is 79.9. The van der Waals surface area contributed by atoms with Crippen LogP contribution in [0.1, 0.15) is 0 Å². The lowest BCUT2D eigenvalue weighted by molar-refractivity contribution is 1.23. The SMILES string of the molecule is Clc1[c]cc(Br)nc1Br. The maximum absolute atomic E-state index is 5.59. The van der Waals surface area contributed by atoms with E-state index in [-0.39, 0.29) is 0 Å². The average molecular weight is 270 g/mol. The van der Waals surface area contributed by atoms with Crippen molar-refractivity contribution >= 4 is 43.5 Å². The van der Waals surface area contributed by atoms with Crippen molar-refractivity contribution in [2.75, 3.05) is 0 Å². The lowest BCUT2D eigenvalue weighted by Gasteiger charge is -1.91. The van der Waals surface area contributed by atoms with E-state index in [4.69, 9.17) is 11.6 Å². The molecular weight excluding hydrogens is 269 g/mol. The van der Waals surface area contributed by atoms with Gasteiger partial charge in [-0.1, -0.05) is 11.6 Å². The van der Waals surface area contributed by atoms with Gasteiger partial charge in [-0.25, -0.2) is 4.98 Å². The summed E-state index contributed by atoms with van der Waals surface area (Å²) in [4.78, 5) is 3.94. The first-order valence-electron chi connectivity index (χ1n) is 2.09. The summed E-state index contributed by atoms with van der Waals surface area (Å²) in [5.41, 5.74) is 0. The van der Waals surface area contributed by atoms with Gasteiger partial charge in [-0.2, -0.15) is 0 Å². The number of hydrogen-bond donors (Lipinski definition) is 0. The van der Waals surface area contributed by atoms with Gasteiger partial charge in [-0.3, -0.25) is 0 Å². The summed E-state index contributed by atoms with van der Waals surface area (Å²) in [6, 6.07) is 4.44. The smallest absolute Gasteiger partial charge is 0.126 e. The van der Waals surface area contributed by atoms with E-state index in [1.165, 1.54) is 0 Å². The number of pyridine rings is 1. The molecule has 1 rings (SSSR count). The van der Waals surface area contributed by atoms with E-state index in [2.05, 4.69) is 42.9 Å². The second-order valence-electron chi connectivity index (χ2n) is 1.33. The van der Waals surface area contributed by atoms with E-state index in [0.29, 0.717) is 9.63 Å². The molecule has 0 aliphatic carbocycles. The number of rotatable bonds is 0. The van der Waals surface area contributed by atoms with Crippen molar-refractivity contribution in [1.29, 1.82) is 0 Å². The van der Waals surface area contributed by atoms with Crippen LogP contribution in [0.4, 0.5) is 0 Å². The van der Waals surface area contributed by atoms with Crippen molar-refractivity contribution in [1.82, 2.24) is 4.98 Å². The normalized spacial score (nSPS) is 9.67. The van der Waals surface area contributed by atoms with Crippen LogP contribution in [0.25, 0.3) is 0 Å². The molecule has 47 valence electrons. The molecule has 9 heavy (non-hydrogen) atoms. The number of nitrogens with zero attached hydrogens (tertiary/aromatic N) is 1. The molecular formula is C5HBr2ClN. The zero-order valence-corrected chi connectivity index (χ0v) is 8.09. The quantitative estimate of drug-likeness (QED) is 0.660. The Balaban J connectivity index is 3.17. The Labute approximate surface area is 74.7 Å². The van der Waals surface area contributed by atoms with Crippen LogP contribution in [0.2, 0.25) is 5.02 Å². The van der Waals surface area contributed by atoms with Gasteiger partial charge in [0.1, 0.15) is 9.21 Å². The van der Waals surface area contributed by atoms with Crippen molar-refractivity contribution in [3.05, 3.63) is 26.4 Å². The van der Waals surface area contributed by atoms with Crippen LogP contribution < -0.4 is 0 Å². The van der Waals surface area contributed by atoms with Crippen LogP contribution in [0.3, 0.4) is 0 Å². The molecule has 1 aromatic heterocycles. The third-order valence-electron chi connectivity index (χ3n) is 0.704. The predicted molar refractivity (Wildman–Crippen MR) is 43.5 cm³/mol. The molecule has 0 saturated carbocycles. The summed E-state index contributed by atoms with van der Waals surface area (Å²) in [6.07, 6.45) is 0. The summed E-state index contributed by atoms with van der Waals surface area (Å²) < 4.78 is 1.33. The Hall–Kier alpha value is 0.400. The monoisotopic (exact) mass is 268 g/mol. The average Bonchev–Trinajstić information content (AvgIpc) is 1.80. The standard InChI is InChI=1S/C5HBr2ClN/c6-4-2-1-3(8)5(7)9-4/h2H. The molecule has 1 aromatic rings. The van der Waals surface area contributed by atoms with Gasteiger partial charge in [0, 0.05) is 6.07 Å². The Kier molecular flexibility index (Phi) is 2.50. The topological polar surface area (TPSA) is 12.9 Å². The van der Waals surface area contributed by atoms with Crippen LogP contribution in [-0.2, 0) is 0 Å². The summed E-state index contributed by atoms with van der Waals surface area (Å²) in [7, 11) is 0. The number of halogens is 3. The molecule has 1 nitrogen and oxygen atoms in total. The van der Waals surface area contributed by atoms with E-state index < -0.39 is 0 Å². The van der Waals surface area contributed by atoms with E-state index in [1.807, 2.05) is 0 Å². The Bertz CT molecular complexity index is 226. The lowest BCUT2D eigenvalue weighted by atomic mass is 10.5. The Morgan fingerprint density at radius 1 is 1.56 bits per heavy atom. The first kappa shape index (κ1) is 7.51. The number of hydrogen-bond acceptors (Lipinski definition) is 1. The molecule has 1 heterocycles. The molecule has 0 aliphatic heterocycles. The third kappa shape index (κ3) is 1.92. The van der Waals surface area contributed by atoms with Gasteiger partial charge in [0.15, 0.2) is 0 Å². The summed E-state index contributed by atoms with van der Waals surface area (Å²) in [5, 5.41) is 0.498. The van der Waals surface area contributed by atoms with E-state index >= 15 is 0 Å². The second kappa shape index (κ2) is 2.99. The highest BCUT2D eigenvalue weighted by Crippen LogP contribution is 2.20. The molecule has 0 aliphatic rings. The fourth-order valence-electron chi connectivity index (χ4n) is 0.358. The fraction of sp³-hybridized carbons (Fsp3) is 0. The van der Waals surface area contributed by atoms with Crippen molar-refractivity contribution in [2.45, 2.75) is 0 Å². The van der Waals surface area contributed by atoms with E-state index in [1.54, 1.807) is 6.07 Å². The van der Waals surface area contributed by atoms with Crippen LogP contribution in [0.15, 0.2) is 15.3 Å². The van der Waals surface area contributed by atoms with Crippen molar-refractivity contribution in [3.8, 4) is 0 Å². The van der Waals surface area contributed by atoms with Crippen molar-refractivity contribution in [2.24, 2.45) is 0 Å². The zero-order chi connectivity index (χ0) is 6.85. The minimum absolute atomic E-state index is 0.498. The molecule has 0 fully saturated rings. The molecule has 0 atom stereocenters. The van der Waals surface area contributed by atoms with E-state index in [0.717, 1.165) is 4.60 Å². The molecule has 0 saturated heterocycles. The molecule has 0 bridgehead atoms. The van der Waals surface area contributed by atoms with Crippen molar-refractivity contribution < 1.29 is 0 Å². The van der Waals surface area contributed by atoms with Crippen LogP contribution >= 0.6 is 43.5 Å². The van der Waals surface area contributed by atoms with Crippen LogP contribution in [0.5, 0.6) is 0 Å². The first-order chi connectivity index (χ1) is 4.20. The Morgan fingerprint density at radius 3 is 2.67 bits per heavy atom. The fourth-order valence-corrected chi connectivity index (χ4v) is 1.29. The minimum atomic E-state index is 0.498. The summed E-state index contributed by atoms with van der Waals surface area (Å²) in [6.45, 7) is 0. The largest absolute Gasteiger partial charge is 0.232 e. The van der Waals surface area contributed by atoms with Crippen molar-refractivity contribution in [3.63, 3.8) is 0 Å². The highest BCUT2D eigenvalue weighted by molar-refractivity contribution is 9.11. The van der Waals surface area contributed by atoms with Gasteiger partial charge < -0.3 is 0 Å². The molecule has 0 aromatic carbocycles. The zero-order valence-electron chi connectivity index (χ0n) is 4.16. The molecule has 0 amide bonds.